The van der Waals surface area contributed by atoms with Gasteiger partial charge in [0.2, 0.25) is 0 Å². The van der Waals surface area contributed by atoms with Crippen LogP contribution < -0.4 is 10.8 Å². The third kappa shape index (κ3) is 8.67. The molecule has 0 bridgehead atoms. The number of aromatic nitrogens is 2. The van der Waals surface area contributed by atoms with Gasteiger partial charge in [0, 0.05) is 13.0 Å². The highest BCUT2D eigenvalue weighted by molar-refractivity contribution is 5.85. The molecule has 8 heteroatoms. The molecule has 1 aromatic heterocycles. The van der Waals surface area contributed by atoms with Crippen molar-refractivity contribution in [3.8, 4) is 0 Å². The van der Waals surface area contributed by atoms with Gasteiger partial charge in [0.25, 0.3) is 5.91 Å². The van der Waals surface area contributed by atoms with E-state index in [9.17, 15) is 9.59 Å². The molecule has 0 aliphatic heterocycles. The maximum Gasteiger partial charge on any atom is 0.408 e. The van der Waals surface area contributed by atoms with Crippen molar-refractivity contribution in [3.63, 3.8) is 0 Å². The molecule has 5 aromatic carbocycles. The topological polar surface area (TPSA) is 94.5 Å². The third-order valence-electron chi connectivity index (χ3n) is 9.13. The molecule has 0 aliphatic rings. The molecule has 8 nitrogen and oxygen atoms in total. The molecule has 0 aliphatic carbocycles. The second-order valence-electron chi connectivity index (χ2n) is 15.3. The van der Waals surface area contributed by atoms with Crippen molar-refractivity contribution in [1.82, 2.24) is 20.3 Å². The van der Waals surface area contributed by atoms with Crippen LogP contribution in [0.3, 0.4) is 0 Å². The van der Waals surface area contributed by atoms with Gasteiger partial charge in [-0.05, 0) is 66.1 Å². The van der Waals surface area contributed by atoms with Crippen molar-refractivity contribution in [2.75, 3.05) is 0 Å². The molecule has 2 amide bonds. The first kappa shape index (κ1) is 37.0. The SMILES string of the molecule is CC(C)(C)OC(=O)N[C@@H](Cc1nc2ccccc2n1Cc1ccc(C(C)(C)C)cc1)C(=O)NOC(c1ccccc1)(c1ccccc1)c1ccccc1. The first-order valence-electron chi connectivity index (χ1n) is 18.0. The largest absolute Gasteiger partial charge is 0.444 e. The number of ether oxygens (including phenoxy) is 1. The van der Waals surface area contributed by atoms with Crippen molar-refractivity contribution in [3.05, 3.63) is 173 Å². The summed E-state index contributed by atoms with van der Waals surface area (Å²) < 4.78 is 7.73. The van der Waals surface area contributed by atoms with E-state index in [1.807, 2.05) is 115 Å². The summed E-state index contributed by atoms with van der Waals surface area (Å²) in [6.45, 7) is 12.4. The molecule has 6 rings (SSSR count). The van der Waals surface area contributed by atoms with Gasteiger partial charge in [-0.2, -0.15) is 0 Å². The number of fused-ring (bicyclic) bond motifs is 1. The van der Waals surface area contributed by atoms with Gasteiger partial charge in [0.05, 0.1) is 11.0 Å². The van der Waals surface area contributed by atoms with Gasteiger partial charge in [-0.1, -0.05) is 148 Å². The number of benzene rings is 5. The van der Waals surface area contributed by atoms with Crippen LogP contribution in [0.15, 0.2) is 140 Å². The van der Waals surface area contributed by atoms with Crippen LogP contribution in [0.25, 0.3) is 11.0 Å². The number of imidazole rings is 1. The van der Waals surface area contributed by atoms with Crippen LogP contribution in [0.2, 0.25) is 0 Å². The smallest absolute Gasteiger partial charge is 0.408 e. The minimum absolute atomic E-state index is 0.0283. The molecule has 272 valence electrons. The maximum absolute atomic E-state index is 14.5. The van der Waals surface area contributed by atoms with Crippen LogP contribution in [0.1, 0.15) is 75.2 Å². The van der Waals surface area contributed by atoms with E-state index in [4.69, 9.17) is 14.6 Å². The second-order valence-corrected chi connectivity index (χ2v) is 15.3. The minimum Gasteiger partial charge on any atom is -0.444 e. The van der Waals surface area contributed by atoms with Gasteiger partial charge in [-0.15, -0.1) is 0 Å². The van der Waals surface area contributed by atoms with E-state index in [1.165, 1.54) is 5.56 Å². The van der Waals surface area contributed by atoms with Gasteiger partial charge >= 0.3 is 6.09 Å². The van der Waals surface area contributed by atoms with Gasteiger partial charge in [-0.25, -0.2) is 15.3 Å². The highest BCUT2D eigenvalue weighted by Gasteiger charge is 2.40. The molecule has 0 unspecified atom stereocenters. The quantitative estimate of drug-likeness (QED) is 0.104. The van der Waals surface area contributed by atoms with Crippen molar-refractivity contribution in [1.29, 1.82) is 0 Å². The van der Waals surface area contributed by atoms with Crippen LogP contribution >= 0.6 is 0 Å². The predicted octanol–water partition coefficient (Wildman–Crippen LogP) is 8.86. The van der Waals surface area contributed by atoms with Crippen molar-refractivity contribution < 1.29 is 19.2 Å². The molecule has 2 N–H and O–H groups in total. The zero-order valence-corrected chi connectivity index (χ0v) is 31.3. The van der Waals surface area contributed by atoms with Crippen molar-refractivity contribution in [2.24, 2.45) is 0 Å². The van der Waals surface area contributed by atoms with E-state index in [1.54, 1.807) is 20.8 Å². The Balaban J connectivity index is 1.37. The Morgan fingerprint density at radius 2 is 1.17 bits per heavy atom. The van der Waals surface area contributed by atoms with Gasteiger partial charge < -0.3 is 14.6 Å². The number of hydrogen-bond donors (Lipinski definition) is 2. The first-order chi connectivity index (χ1) is 25.3. The standard InChI is InChI=1S/C45H48N4O4/c1-43(2,3)33-28-26-32(27-29-33)31-49-39-25-17-16-24-37(39)46-40(49)30-38(47-42(51)52-44(4,5)6)41(50)48-53-45(34-18-10-7-11-19-34,35-20-12-8-13-21-35)36-22-14-9-15-23-36/h7-29,38H,30-31H2,1-6H3,(H,47,51)(H,48,50)/t38-/m0/s1. The number of alkyl carbamates (subject to hydrolysis) is 1. The summed E-state index contributed by atoms with van der Waals surface area (Å²) in [7, 11) is 0. The zero-order chi connectivity index (χ0) is 37.6. The van der Waals surface area contributed by atoms with E-state index < -0.39 is 29.2 Å². The number of rotatable bonds is 11. The predicted molar refractivity (Wildman–Crippen MR) is 209 cm³/mol. The third-order valence-corrected chi connectivity index (χ3v) is 9.13. The summed E-state index contributed by atoms with van der Waals surface area (Å²) in [6.07, 6.45) is -0.656. The molecule has 1 heterocycles. The fraction of sp³-hybridized carbons (Fsp3) is 0.267. The van der Waals surface area contributed by atoms with E-state index in [0.717, 1.165) is 33.3 Å². The molecule has 0 saturated carbocycles. The number of para-hydroxylation sites is 2. The second kappa shape index (κ2) is 15.5. The van der Waals surface area contributed by atoms with E-state index in [2.05, 4.69) is 60.4 Å². The Bertz CT molecular complexity index is 2040. The maximum atomic E-state index is 14.5. The summed E-state index contributed by atoms with van der Waals surface area (Å²) in [4.78, 5) is 39.4. The first-order valence-corrected chi connectivity index (χ1v) is 18.0. The lowest BCUT2D eigenvalue weighted by atomic mass is 9.80. The summed E-state index contributed by atoms with van der Waals surface area (Å²) in [5, 5.41) is 2.83. The molecular formula is C45H48N4O4. The van der Waals surface area contributed by atoms with Crippen molar-refractivity contribution in [2.45, 2.75) is 77.2 Å². The van der Waals surface area contributed by atoms with Crippen LogP contribution in [0.5, 0.6) is 0 Å². The van der Waals surface area contributed by atoms with Gasteiger partial charge in [0.15, 0.2) is 5.60 Å². The average Bonchev–Trinajstić information content (AvgIpc) is 3.48. The van der Waals surface area contributed by atoms with Crippen LogP contribution in [-0.2, 0) is 38.4 Å². The lowest BCUT2D eigenvalue weighted by molar-refractivity contribution is -0.145. The Morgan fingerprint density at radius 1 is 0.660 bits per heavy atom. The highest BCUT2D eigenvalue weighted by Crippen LogP contribution is 2.39. The van der Waals surface area contributed by atoms with E-state index in [-0.39, 0.29) is 11.8 Å². The average molecular weight is 709 g/mol. The number of hydroxylamine groups is 1. The summed E-state index contributed by atoms with van der Waals surface area (Å²) in [5.41, 5.74) is 7.30. The molecule has 1 atom stereocenters. The fourth-order valence-corrected chi connectivity index (χ4v) is 6.49. The van der Waals surface area contributed by atoms with Crippen LogP contribution in [0.4, 0.5) is 4.79 Å². The number of carbonyl (C=O) groups is 2. The summed E-state index contributed by atoms with van der Waals surface area (Å²) in [5.74, 6) is 0.0684. The lowest BCUT2D eigenvalue weighted by Gasteiger charge is -2.35. The number of nitrogens with zero attached hydrogens (tertiary/aromatic N) is 2. The summed E-state index contributed by atoms with van der Waals surface area (Å²) >= 11 is 0. The zero-order valence-electron chi connectivity index (χ0n) is 31.3. The molecule has 0 fully saturated rings. The summed E-state index contributed by atoms with van der Waals surface area (Å²) in [6, 6.07) is 44.6. The fourth-order valence-electron chi connectivity index (χ4n) is 6.49. The van der Waals surface area contributed by atoms with Gasteiger partial charge in [-0.3, -0.25) is 9.63 Å². The molecule has 0 saturated heterocycles. The Labute approximate surface area is 312 Å². The molecular weight excluding hydrogens is 661 g/mol. The lowest BCUT2D eigenvalue weighted by Crippen LogP contribution is -2.51. The minimum atomic E-state index is -1.22. The normalized spacial score (nSPS) is 12.6. The number of hydrogen-bond acceptors (Lipinski definition) is 5. The molecule has 0 radical (unpaired) electrons. The number of amides is 2. The Hall–Kier alpha value is -5.73. The Kier molecular flexibility index (Phi) is 10.8. The van der Waals surface area contributed by atoms with Gasteiger partial charge in [0.1, 0.15) is 17.5 Å². The van der Waals surface area contributed by atoms with Crippen LogP contribution in [-0.4, -0.2) is 33.2 Å². The highest BCUT2D eigenvalue weighted by atomic mass is 16.7. The Morgan fingerprint density at radius 3 is 1.68 bits per heavy atom. The van der Waals surface area contributed by atoms with E-state index in [0.29, 0.717) is 12.4 Å². The molecule has 0 spiro atoms. The van der Waals surface area contributed by atoms with Crippen molar-refractivity contribution >= 4 is 23.0 Å². The van der Waals surface area contributed by atoms with Crippen LogP contribution in [0, 0.1) is 0 Å². The number of carbonyl (C=O) groups excluding carboxylic acids is 2. The monoisotopic (exact) mass is 708 g/mol. The van der Waals surface area contributed by atoms with E-state index >= 15 is 0 Å². The molecule has 6 aromatic rings. The molecule has 53 heavy (non-hydrogen) atoms. The number of nitrogens with one attached hydrogen (secondary N) is 2.